The molecule has 27 heavy (non-hydrogen) atoms. The molecule has 0 amide bonds. The zero-order chi connectivity index (χ0) is 20.0. The number of esters is 2. The summed E-state index contributed by atoms with van der Waals surface area (Å²) in [7, 11) is 7.82. The van der Waals surface area contributed by atoms with Gasteiger partial charge >= 0.3 is 11.9 Å². The lowest BCUT2D eigenvalue weighted by atomic mass is 9.79. The molecule has 1 heterocycles. The van der Waals surface area contributed by atoms with E-state index in [9.17, 15) is 14.9 Å². The largest absolute Gasteiger partial charge is 0.518 e. The number of imidazole rings is 1. The molecule has 1 saturated carbocycles. The average molecular weight is 373 g/mol. The van der Waals surface area contributed by atoms with Gasteiger partial charge in [0.2, 0.25) is 5.71 Å². The van der Waals surface area contributed by atoms with Crippen molar-refractivity contribution in [3.05, 3.63) is 12.4 Å². The van der Waals surface area contributed by atoms with Gasteiger partial charge in [-0.15, -0.1) is 0 Å². The molecule has 144 valence electrons. The Labute approximate surface area is 159 Å². The molecule has 0 N–H and O–H groups in total. The Morgan fingerprint density at radius 2 is 1.96 bits per heavy atom. The van der Waals surface area contributed by atoms with Crippen molar-refractivity contribution in [2.24, 2.45) is 25.1 Å². The van der Waals surface area contributed by atoms with Crippen LogP contribution in [0.3, 0.4) is 0 Å². The topological polar surface area (TPSA) is 101 Å². The first-order valence-electron chi connectivity index (χ1n) is 8.72. The van der Waals surface area contributed by atoms with Gasteiger partial charge in [-0.2, -0.15) is 5.26 Å². The molecule has 1 aromatic rings. The SMILES string of the molecule is COC(=O)C(=NN([B-]c1n(C)cc[n+]1C)C1CCCCC1C#N)C(=O)OC. The van der Waals surface area contributed by atoms with Gasteiger partial charge in [0, 0.05) is 11.8 Å². The number of hydrogen-bond donors (Lipinski definition) is 0. The molecule has 2 atom stereocenters. The van der Waals surface area contributed by atoms with E-state index in [1.807, 2.05) is 35.6 Å². The smallest absolute Gasteiger partial charge is 0.365 e. The number of carbonyl (C=O) groups excluding carboxylic acids is 2. The van der Waals surface area contributed by atoms with Crippen LogP contribution in [0.4, 0.5) is 0 Å². The van der Waals surface area contributed by atoms with E-state index in [1.165, 1.54) is 19.1 Å². The van der Waals surface area contributed by atoms with Crippen LogP contribution < -0.4 is 10.3 Å². The Bertz CT molecular complexity index is 732. The second-order valence-electron chi connectivity index (χ2n) is 6.41. The predicted octanol–water partition coefficient (Wildman–Crippen LogP) is -0.820. The molecule has 0 saturated heterocycles. The second-order valence-corrected chi connectivity index (χ2v) is 6.41. The molecule has 0 spiro atoms. The van der Waals surface area contributed by atoms with Crippen LogP contribution in [0.5, 0.6) is 0 Å². The summed E-state index contributed by atoms with van der Waals surface area (Å²) in [5, 5.41) is 13.8. The summed E-state index contributed by atoms with van der Waals surface area (Å²) in [6.45, 7) is 0. The number of hydrogen-bond acceptors (Lipinski definition) is 7. The van der Waals surface area contributed by atoms with Crippen molar-refractivity contribution < 1.29 is 23.6 Å². The van der Waals surface area contributed by atoms with Gasteiger partial charge in [-0.05, 0) is 20.3 Å². The number of methoxy groups -OCH3 is 2. The van der Waals surface area contributed by atoms with Gasteiger partial charge in [0.15, 0.2) is 0 Å². The molecule has 9 nitrogen and oxygen atoms in total. The minimum atomic E-state index is -0.888. The average Bonchev–Trinajstić information content (AvgIpc) is 3.01. The van der Waals surface area contributed by atoms with Gasteiger partial charge in [-0.1, -0.05) is 12.8 Å². The maximum Gasteiger partial charge on any atom is 0.365 e. The highest BCUT2D eigenvalue weighted by Gasteiger charge is 2.29. The van der Waals surface area contributed by atoms with Crippen LogP contribution in [0.25, 0.3) is 0 Å². The van der Waals surface area contributed by atoms with Crippen molar-refractivity contribution in [1.29, 1.82) is 5.26 Å². The summed E-state index contributed by atoms with van der Waals surface area (Å²) in [6, 6.07) is 2.06. The van der Waals surface area contributed by atoms with Gasteiger partial charge in [-0.3, -0.25) is 9.13 Å². The Balaban J connectivity index is 2.47. The molecule has 2 unspecified atom stereocenters. The molecule has 2 radical (unpaired) electrons. The standard InChI is InChI=1S/C17H24BN5O4/c1-21-9-10-22(2)17(21)18-23(13-8-6-5-7-12(13)11-19)20-14(15(24)26-3)16(25)27-4/h9-10,12-13H,5-8H2,1-4H3. The number of carbonyl (C=O) groups is 2. The van der Waals surface area contributed by atoms with E-state index in [0.29, 0.717) is 0 Å². The van der Waals surface area contributed by atoms with Gasteiger partial charge in [0.25, 0.3) is 0 Å². The van der Waals surface area contributed by atoms with Crippen molar-refractivity contribution in [3.63, 3.8) is 0 Å². The van der Waals surface area contributed by atoms with Crippen LogP contribution in [-0.2, 0) is 33.2 Å². The highest BCUT2D eigenvalue weighted by Crippen LogP contribution is 2.28. The minimum absolute atomic E-state index is 0.261. The molecule has 2 rings (SSSR count). The molecule has 1 aliphatic rings. The normalized spacial score (nSPS) is 18.9. The van der Waals surface area contributed by atoms with Crippen LogP contribution in [0, 0.1) is 17.2 Å². The Morgan fingerprint density at radius 1 is 1.33 bits per heavy atom. The summed E-state index contributed by atoms with van der Waals surface area (Å²) in [5.74, 6) is -2.04. The van der Waals surface area contributed by atoms with Crippen LogP contribution in [-0.4, -0.2) is 54.8 Å². The summed E-state index contributed by atoms with van der Waals surface area (Å²) in [6.07, 6.45) is 7.11. The molecule has 1 aliphatic carbocycles. The van der Waals surface area contributed by atoms with Crippen LogP contribution in [0.1, 0.15) is 25.7 Å². The monoisotopic (exact) mass is 373 g/mol. The first-order chi connectivity index (χ1) is 12.9. The van der Waals surface area contributed by atoms with Gasteiger partial charge in [-0.25, -0.2) is 14.7 Å². The summed E-state index contributed by atoms with van der Waals surface area (Å²) >= 11 is 0. The van der Waals surface area contributed by atoms with Gasteiger partial charge < -0.3 is 14.4 Å². The minimum Gasteiger partial charge on any atom is -0.518 e. The number of rotatable bonds is 6. The van der Waals surface area contributed by atoms with Crippen LogP contribution >= 0.6 is 0 Å². The Hall–Kier alpha value is -2.83. The molecule has 1 aromatic heterocycles. The lowest BCUT2D eigenvalue weighted by Crippen LogP contribution is -2.57. The van der Waals surface area contributed by atoms with E-state index in [4.69, 9.17) is 0 Å². The van der Waals surface area contributed by atoms with Crippen molar-refractivity contribution in [2.45, 2.75) is 31.7 Å². The lowest BCUT2D eigenvalue weighted by Gasteiger charge is -2.44. The fraction of sp³-hybridized carbons (Fsp3) is 0.588. The van der Waals surface area contributed by atoms with Crippen molar-refractivity contribution >= 4 is 30.8 Å². The van der Waals surface area contributed by atoms with E-state index in [1.54, 1.807) is 7.41 Å². The highest BCUT2D eigenvalue weighted by atomic mass is 16.5. The maximum atomic E-state index is 12.0. The first kappa shape index (κ1) is 20.5. The van der Waals surface area contributed by atoms with Crippen molar-refractivity contribution in [2.75, 3.05) is 14.2 Å². The first-order valence-corrected chi connectivity index (χ1v) is 8.72. The number of nitrogens with zero attached hydrogens (tertiary/aromatic N) is 5. The molecular weight excluding hydrogens is 349 g/mol. The van der Waals surface area contributed by atoms with Crippen molar-refractivity contribution in [3.8, 4) is 6.07 Å². The number of aryl methyl sites for hydroxylation is 2. The third-order valence-electron chi connectivity index (χ3n) is 4.69. The number of ether oxygens (including phenoxy) is 2. The molecule has 0 aromatic carbocycles. The molecule has 0 aliphatic heterocycles. The number of nitriles is 1. The summed E-state index contributed by atoms with van der Waals surface area (Å²) < 4.78 is 13.1. The van der Waals surface area contributed by atoms with E-state index in [-0.39, 0.29) is 12.0 Å². The fourth-order valence-corrected chi connectivity index (χ4v) is 3.15. The van der Waals surface area contributed by atoms with E-state index in [0.717, 1.165) is 31.4 Å². The quantitative estimate of drug-likeness (QED) is 0.161. The molecular formula is C17H24BN5O4. The zero-order valence-electron chi connectivity index (χ0n) is 16.1. The van der Waals surface area contributed by atoms with Gasteiger partial charge in [0.1, 0.15) is 12.4 Å². The number of hydrazone groups is 1. The van der Waals surface area contributed by atoms with Crippen LogP contribution in [0.2, 0.25) is 0 Å². The molecule has 1 fully saturated rings. The summed E-state index contributed by atoms with van der Waals surface area (Å²) in [4.78, 5) is 25.6. The fourth-order valence-electron chi connectivity index (χ4n) is 3.15. The lowest BCUT2D eigenvalue weighted by molar-refractivity contribution is -0.653. The maximum absolute atomic E-state index is 12.0. The Kier molecular flexibility index (Phi) is 6.99. The van der Waals surface area contributed by atoms with Crippen LogP contribution in [0.15, 0.2) is 17.5 Å². The number of aromatic nitrogens is 2. The summed E-state index contributed by atoms with van der Waals surface area (Å²) in [5.41, 5.74) is 0.325. The van der Waals surface area contributed by atoms with E-state index >= 15 is 0 Å². The van der Waals surface area contributed by atoms with E-state index in [2.05, 4.69) is 20.6 Å². The Morgan fingerprint density at radius 3 is 2.48 bits per heavy atom. The molecule has 0 bridgehead atoms. The van der Waals surface area contributed by atoms with Gasteiger partial charge in [0.05, 0.1) is 40.3 Å². The predicted molar refractivity (Wildman–Crippen MR) is 96.6 cm³/mol. The highest BCUT2D eigenvalue weighted by molar-refractivity contribution is 6.63. The second kappa shape index (κ2) is 9.21. The third-order valence-corrected chi connectivity index (χ3v) is 4.69. The van der Waals surface area contributed by atoms with E-state index < -0.39 is 17.7 Å². The zero-order valence-corrected chi connectivity index (χ0v) is 16.1. The molecule has 10 heteroatoms. The van der Waals surface area contributed by atoms with Crippen molar-refractivity contribution in [1.82, 2.24) is 9.49 Å². The third kappa shape index (κ3) is 4.67.